The molecule has 1 rings (SSSR count). The largest absolute Gasteiger partial charge is 0.491 e. The summed E-state index contributed by atoms with van der Waals surface area (Å²) in [5.41, 5.74) is 7.07. The first-order valence-corrected chi connectivity index (χ1v) is 6.62. The molecule has 0 saturated carbocycles. The van der Waals surface area contributed by atoms with Gasteiger partial charge in [-0.3, -0.25) is 0 Å². The first-order chi connectivity index (χ1) is 8.37. The number of ether oxygens (including phenoxy) is 1. The summed E-state index contributed by atoms with van der Waals surface area (Å²) < 4.78 is 5.61. The minimum atomic E-state index is -0.144. The fraction of sp³-hybridized carbons (Fsp3) is 0.600. The monoisotopic (exact) mass is 250 g/mol. The lowest BCUT2D eigenvalue weighted by atomic mass is 10.1. The Balaban J connectivity index is 2.31. The van der Waals surface area contributed by atoms with Crippen molar-refractivity contribution in [1.82, 2.24) is 5.32 Å². The smallest absolute Gasteiger partial charge is 0.119 e. The number of hydrogen-bond donors (Lipinski definition) is 2. The lowest BCUT2D eigenvalue weighted by Crippen LogP contribution is -2.43. The molecule has 0 amide bonds. The van der Waals surface area contributed by atoms with E-state index in [2.05, 4.69) is 17.4 Å². The molecule has 0 aliphatic carbocycles. The molecule has 18 heavy (non-hydrogen) atoms. The summed E-state index contributed by atoms with van der Waals surface area (Å²) in [6.45, 7) is 9.90. The molecule has 0 saturated heterocycles. The molecule has 0 radical (unpaired) electrons. The van der Waals surface area contributed by atoms with Crippen LogP contribution < -0.4 is 15.8 Å². The van der Waals surface area contributed by atoms with Crippen molar-refractivity contribution >= 4 is 0 Å². The third-order valence-electron chi connectivity index (χ3n) is 2.47. The van der Waals surface area contributed by atoms with Gasteiger partial charge in [-0.25, -0.2) is 0 Å². The first kappa shape index (κ1) is 15.0. The summed E-state index contributed by atoms with van der Waals surface area (Å²) in [5, 5.41) is 3.36. The maximum Gasteiger partial charge on any atom is 0.119 e. The normalized spacial score (nSPS) is 11.9. The number of benzene rings is 1. The van der Waals surface area contributed by atoms with E-state index in [4.69, 9.17) is 10.5 Å². The molecule has 3 N–H and O–H groups in total. The zero-order chi connectivity index (χ0) is 13.6. The van der Waals surface area contributed by atoms with Crippen LogP contribution in [0.5, 0.6) is 5.75 Å². The standard InChI is InChI=1S/C15H26N2O/c1-12(2)18-14-7-5-13(6-8-14)9-10-17-11-15(3,4)16/h5-8,12,17H,9-11,16H2,1-4H3. The van der Waals surface area contributed by atoms with Crippen LogP contribution in [0, 0.1) is 0 Å². The van der Waals surface area contributed by atoms with Gasteiger partial charge in [0.15, 0.2) is 0 Å². The van der Waals surface area contributed by atoms with Gasteiger partial charge in [0.2, 0.25) is 0 Å². The van der Waals surface area contributed by atoms with Crippen LogP contribution in [0.1, 0.15) is 33.3 Å². The predicted octanol–water partition coefficient (Wildman–Crippen LogP) is 2.34. The molecule has 1 aromatic carbocycles. The highest BCUT2D eigenvalue weighted by Crippen LogP contribution is 2.13. The van der Waals surface area contributed by atoms with Crippen LogP contribution in [0.15, 0.2) is 24.3 Å². The van der Waals surface area contributed by atoms with E-state index in [1.165, 1.54) is 5.56 Å². The third-order valence-corrected chi connectivity index (χ3v) is 2.47. The predicted molar refractivity (Wildman–Crippen MR) is 77.0 cm³/mol. The Kier molecular flexibility index (Phi) is 5.63. The second kappa shape index (κ2) is 6.76. The molecular weight excluding hydrogens is 224 g/mol. The fourth-order valence-corrected chi connectivity index (χ4v) is 1.65. The second-order valence-corrected chi connectivity index (χ2v) is 5.73. The summed E-state index contributed by atoms with van der Waals surface area (Å²) in [4.78, 5) is 0. The van der Waals surface area contributed by atoms with E-state index >= 15 is 0 Å². The van der Waals surface area contributed by atoms with Gasteiger partial charge in [0.25, 0.3) is 0 Å². The molecule has 0 spiro atoms. The zero-order valence-electron chi connectivity index (χ0n) is 12.0. The van der Waals surface area contributed by atoms with Gasteiger partial charge in [0.05, 0.1) is 6.10 Å². The Morgan fingerprint density at radius 3 is 2.33 bits per heavy atom. The molecular formula is C15H26N2O. The van der Waals surface area contributed by atoms with E-state index in [1.54, 1.807) is 0 Å². The molecule has 102 valence electrons. The van der Waals surface area contributed by atoms with Crippen LogP contribution in [0.4, 0.5) is 0 Å². The van der Waals surface area contributed by atoms with E-state index in [0.29, 0.717) is 0 Å². The molecule has 3 heteroatoms. The Morgan fingerprint density at radius 1 is 1.22 bits per heavy atom. The van der Waals surface area contributed by atoms with Gasteiger partial charge in [0, 0.05) is 12.1 Å². The molecule has 0 unspecified atom stereocenters. The number of nitrogens with two attached hydrogens (primary N) is 1. The van der Waals surface area contributed by atoms with Crippen LogP contribution in [-0.2, 0) is 6.42 Å². The van der Waals surface area contributed by atoms with Gasteiger partial charge in [-0.05, 0) is 58.4 Å². The Morgan fingerprint density at radius 2 is 1.83 bits per heavy atom. The molecule has 0 heterocycles. The first-order valence-electron chi connectivity index (χ1n) is 6.62. The van der Waals surface area contributed by atoms with E-state index in [1.807, 2.05) is 39.8 Å². The van der Waals surface area contributed by atoms with Gasteiger partial charge in [-0.1, -0.05) is 12.1 Å². The fourth-order valence-electron chi connectivity index (χ4n) is 1.65. The van der Waals surface area contributed by atoms with Crippen molar-refractivity contribution in [1.29, 1.82) is 0 Å². The molecule has 0 aliphatic heterocycles. The number of nitrogens with one attached hydrogen (secondary N) is 1. The summed E-state index contributed by atoms with van der Waals surface area (Å²) in [6, 6.07) is 8.30. The van der Waals surface area contributed by atoms with Crippen LogP contribution in [0.3, 0.4) is 0 Å². The lowest BCUT2D eigenvalue weighted by molar-refractivity contribution is 0.242. The van der Waals surface area contributed by atoms with Gasteiger partial charge < -0.3 is 15.8 Å². The quantitative estimate of drug-likeness (QED) is 0.730. The van der Waals surface area contributed by atoms with Crippen molar-refractivity contribution in [2.75, 3.05) is 13.1 Å². The highest BCUT2D eigenvalue weighted by Gasteiger charge is 2.08. The summed E-state index contributed by atoms with van der Waals surface area (Å²) in [6.07, 6.45) is 1.24. The second-order valence-electron chi connectivity index (χ2n) is 5.73. The van der Waals surface area contributed by atoms with Crippen LogP contribution in [0.25, 0.3) is 0 Å². The van der Waals surface area contributed by atoms with E-state index in [-0.39, 0.29) is 11.6 Å². The maximum absolute atomic E-state index is 5.90. The Hall–Kier alpha value is -1.06. The molecule has 0 aromatic heterocycles. The van der Waals surface area contributed by atoms with Crippen molar-refractivity contribution < 1.29 is 4.74 Å². The summed E-state index contributed by atoms with van der Waals surface area (Å²) in [5.74, 6) is 0.935. The van der Waals surface area contributed by atoms with Crippen molar-refractivity contribution in [3.63, 3.8) is 0 Å². The average molecular weight is 250 g/mol. The lowest BCUT2D eigenvalue weighted by Gasteiger charge is -2.18. The molecule has 0 aliphatic rings. The SMILES string of the molecule is CC(C)Oc1ccc(CCNCC(C)(C)N)cc1. The third kappa shape index (κ3) is 6.62. The van der Waals surface area contributed by atoms with Crippen molar-refractivity contribution in [3.05, 3.63) is 29.8 Å². The van der Waals surface area contributed by atoms with Gasteiger partial charge in [0.1, 0.15) is 5.75 Å². The van der Waals surface area contributed by atoms with Crippen molar-refractivity contribution in [3.8, 4) is 5.75 Å². The van der Waals surface area contributed by atoms with Crippen molar-refractivity contribution in [2.24, 2.45) is 5.73 Å². The zero-order valence-corrected chi connectivity index (χ0v) is 12.0. The van der Waals surface area contributed by atoms with Gasteiger partial charge in [-0.2, -0.15) is 0 Å². The van der Waals surface area contributed by atoms with E-state index in [9.17, 15) is 0 Å². The summed E-state index contributed by atoms with van der Waals surface area (Å²) in [7, 11) is 0. The molecule has 0 bridgehead atoms. The highest BCUT2D eigenvalue weighted by molar-refractivity contribution is 5.27. The van der Waals surface area contributed by atoms with Gasteiger partial charge in [-0.15, -0.1) is 0 Å². The Bertz CT molecular complexity index is 339. The molecule has 0 atom stereocenters. The van der Waals surface area contributed by atoms with Crippen LogP contribution in [-0.4, -0.2) is 24.7 Å². The number of rotatable bonds is 7. The summed E-state index contributed by atoms with van der Waals surface area (Å²) >= 11 is 0. The van der Waals surface area contributed by atoms with E-state index < -0.39 is 0 Å². The van der Waals surface area contributed by atoms with Crippen LogP contribution >= 0.6 is 0 Å². The minimum Gasteiger partial charge on any atom is -0.491 e. The Labute approximate surface area is 111 Å². The van der Waals surface area contributed by atoms with E-state index in [0.717, 1.165) is 25.3 Å². The maximum atomic E-state index is 5.90. The number of hydrogen-bond acceptors (Lipinski definition) is 3. The van der Waals surface area contributed by atoms with Crippen molar-refractivity contribution in [2.45, 2.75) is 45.8 Å². The van der Waals surface area contributed by atoms with Gasteiger partial charge >= 0.3 is 0 Å². The molecule has 3 nitrogen and oxygen atoms in total. The highest BCUT2D eigenvalue weighted by atomic mass is 16.5. The average Bonchev–Trinajstić information content (AvgIpc) is 2.24. The minimum absolute atomic E-state index is 0.144. The molecule has 0 fully saturated rings. The molecule has 1 aromatic rings. The topological polar surface area (TPSA) is 47.3 Å². The van der Waals surface area contributed by atoms with Crippen LogP contribution in [0.2, 0.25) is 0 Å².